The summed E-state index contributed by atoms with van der Waals surface area (Å²) < 4.78 is 23.6. The predicted octanol–water partition coefficient (Wildman–Crippen LogP) is 6.86. The fraction of sp³-hybridized carbons (Fsp3) is 0.342. The summed E-state index contributed by atoms with van der Waals surface area (Å²) in [6.07, 6.45) is 3.77. The Hall–Kier alpha value is -5.11. The zero-order valence-electron chi connectivity index (χ0n) is 28.3. The van der Waals surface area contributed by atoms with Crippen LogP contribution in [0.2, 0.25) is 5.02 Å². The van der Waals surface area contributed by atoms with Gasteiger partial charge in [0.1, 0.15) is 28.7 Å². The Morgan fingerprint density at radius 2 is 1.90 bits per heavy atom. The number of ether oxygens (including phenoxy) is 1. The molecule has 2 aliphatic heterocycles. The molecule has 5 aromatic rings. The van der Waals surface area contributed by atoms with Crippen LogP contribution in [0.5, 0.6) is 0 Å². The lowest BCUT2D eigenvalue weighted by molar-refractivity contribution is -0.0368. The summed E-state index contributed by atoms with van der Waals surface area (Å²) in [7, 11) is 0. The minimum atomic E-state index is -1.04. The molecule has 3 aromatic carbocycles. The monoisotopic (exact) mass is 724 g/mol. The van der Waals surface area contributed by atoms with Crippen LogP contribution in [-0.4, -0.2) is 73.1 Å². The van der Waals surface area contributed by atoms with Gasteiger partial charge in [-0.15, -0.1) is 0 Å². The van der Waals surface area contributed by atoms with Crippen LogP contribution in [0.3, 0.4) is 0 Å². The van der Waals surface area contributed by atoms with Crippen molar-refractivity contribution in [2.24, 2.45) is 11.8 Å². The fourth-order valence-corrected chi connectivity index (χ4v) is 8.60. The van der Waals surface area contributed by atoms with E-state index >= 15 is 4.39 Å². The van der Waals surface area contributed by atoms with Gasteiger partial charge in [-0.25, -0.2) is 23.8 Å². The van der Waals surface area contributed by atoms with E-state index in [4.69, 9.17) is 36.8 Å². The molecule has 3 aliphatic rings. The quantitative estimate of drug-likeness (QED) is 0.0725. The first kappa shape index (κ1) is 34.0. The van der Waals surface area contributed by atoms with Gasteiger partial charge in [-0.3, -0.25) is 16.1 Å². The summed E-state index contributed by atoms with van der Waals surface area (Å²) in [6.45, 7) is 2.18. The number of carboxylic acid groups (broad SMARTS) is 1. The second-order valence-electron chi connectivity index (χ2n) is 13.8. The minimum Gasteiger partial charge on any atom is -0.465 e. The van der Waals surface area contributed by atoms with Gasteiger partial charge >= 0.3 is 6.09 Å². The molecule has 2 aromatic heterocycles. The lowest BCUT2D eigenvalue weighted by atomic mass is 9.89. The smallest absolute Gasteiger partial charge is 0.407 e. The summed E-state index contributed by atoms with van der Waals surface area (Å²) in [5, 5.41) is 32.7. The Kier molecular flexibility index (Phi) is 9.02. The zero-order chi connectivity index (χ0) is 36.0. The summed E-state index contributed by atoms with van der Waals surface area (Å²) in [5.41, 5.74) is 5.20. The topological polar surface area (TPSA) is 153 Å². The maximum Gasteiger partial charge on any atom is 0.407 e. The molecule has 2 saturated heterocycles. The van der Waals surface area contributed by atoms with Crippen molar-refractivity contribution in [3.63, 3.8) is 0 Å². The van der Waals surface area contributed by atoms with Gasteiger partial charge in [-0.1, -0.05) is 72.3 Å². The van der Waals surface area contributed by atoms with Gasteiger partial charge in [-0.2, -0.15) is 5.10 Å². The van der Waals surface area contributed by atoms with Crippen molar-refractivity contribution in [3.8, 4) is 11.3 Å². The van der Waals surface area contributed by atoms with Gasteiger partial charge in [0.2, 0.25) is 0 Å². The molecule has 4 atom stereocenters. The molecule has 1 amide bonds. The number of nitrogens with one attached hydrogen (secondary N) is 2. The summed E-state index contributed by atoms with van der Waals surface area (Å²) >= 11 is 6.71. The average molecular weight is 725 g/mol. The van der Waals surface area contributed by atoms with Gasteiger partial charge in [0.05, 0.1) is 11.2 Å². The van der Waals surface area contributed by atoms with Crippen LogP contribution in [0.1, 0.15) is 48.6 Å². The van der Waals surface area contributed by atoms with E-state index in [1.165, 1.54) is 11.0 Å². The van der Waals surface area contributed by atoms with Crippen molar-refractivity contribution in [2.45, 2.75) is 43.9 Å². The van der Waals surface area contributed by atoms with E-state index in [1.54, 1.807) is 41.2 Å². The third-order valence-electron chi connectivity index (χ3n) is 10.9. The number of piperidine rings is 1. The molecule has 0 radical (unpaired) electrons. The Bertz CT molecular complexity index is 2140. The number of aromatic nitrogens is 4. The molecule has 0 spiro atoms. The lowest BCUT2D eigenvalue weighted by Crippen LogP contribution is -2.38. The number of anilines is 1. The van der Waals surface area contributed by atoms with Gasteiger partial charge in [0.15, 0.2) is 11.9 Å². The first-order valence-electron chi connectivity index (χ1n) is 17.5. The third kappa shape index (κ3) is 6.02. The lowest BCUT2D eigenvalue weighted by Gasteiger charge is -2.28. The van der Waals surface area contributed by atoms with E-state index in [1.807, 2.05) is 41.9 Å². The van der Waals surface area contributed by atoms with Crippen molar-refractivity contribution >= 4 is 40.5 Å². The molecule has 1 saturated carbocycles. The highest BCUT2D eigenvalue weighted by molar-refractivity contribution is 6.34. The maximum absolute atomic E-state index is 15.7. The van der Waals surface area contributed by atoms with E-state index in [0.29, 0.717) is 64.1 Å². The second kappa shape index (κ2) is 13.8. The number of hydrogen-bond acceptors (Lipinski definition) is 8. The van der Waals surface area contributed by atoms with Crippen molar-refractivity contribution in [2.75, 3.05) is 31.1 Å². The molecule has 52 heavy (non-hydrogen) atoms. The highest BCUT2D eigenvalue weighted by atomic mass is 35.5. The molecule has 4 heterocycles. The van der Waals surface area contributed by atoms with Crippen molar-refractivity contribution in [3.05, 3.63) is 107 Å². The molecule has 1 aliphatic carbocycles. The predicted molar refractivity (Wildman–Crippen MR) is 193 cm³/mol. The van der Waals surface area contributed by atoms with E-state index in [2.05, 4.69) is 4.90 Å². The molecule has 12 nitrogen and oxygen atoms in total. The first-order valence-corrected chi connectivity index (χ1v) is 17.8. The van der Waals surface area contributed by atoms with E-state index in [0.717, 1.165) is 31.2 Å². The highest BCUT2D eigenvalue weighted by Crippen LogP contribution is 2.64. The Labute approximate surface area is 304 Å². The standard InChI is InChI=1S/C38H38ClFN8O4/c39-29-18-24(35(41)45-51)13-14-25(29)33-34-36(48(44-33)32-12-6-7-17-52-32)43-31(19-42-34)46-16-15-26-28(21-46)38(26,27-10-4-5-11-30(27)40)22-47(37(49)50)20-23-8-2-1-3-9-23/h1-5,8-11,13-14,18-19,26,28,32,51H,6-7,12,15-17,20-22H2,(H2,41,45)(H,49,50)/t26-,28+,32?,38-/m1/s1. The average Bonchev–Trinajstić information content (AvgIpc) is 3.64. The number of carbonyl (C=O) groups is 1. The van der Waals surface area contributed by atoms with Crippen LogP contribution in [-0.2, 0) is 16.7 Å². The molecule has 1 unspecified atom stereocenters. The number of nitrogens with zero attached hydrogens (tertiary/aromatic N) is 6. The van der Waals surface area contributed by atoms with Crippen molar-refractivity contribution in [1.82, 2.24) is 30.1 Å². The first-order chi connectivity index (χ1) is 25.3. The van der Waals surface area contributed by atoms with Crippen molar-refractivity contribution < 1.29 is 24.2 Å². The van der Waals surface area contributed by atoms with E-state index in [-0.39, 0.29) is 42.8 Å². The van der Waals surface area contributed by atoms with Crippen LogP contribution in [0.25, 0.3) is 22.4 Å². The Morgan fingerprint density at radius 3 is 2.63 bits per heavy atom. The fourth-order valence-electron chi connectivity index (χ4n) is 8.33. The summed E-state index contributed by atoms with van der Waals surface area (Å²) in [5.74, 6) is 0.214. The number of hydrogen-bond donors (Lipinski definition) is 4. The van der Waals surface area contributed by atoms with Crippen LogP contribution in [0.15, 0.2) is 79.0 Å². The molecular weight excluding hydrogens is 687 g/mol. The normalized spacial score (nSPS) is 22.5. The number of fused-ring (bicyclic) bond motifs is 2. The second-order valence-corrected chi connectivity index (χ2v) is 14.2. The van der Waals surface area contributed by atoms with E-state index in [9.17, 15) is 15.1 Å². The van der Waals surface area contributed by atoms with Crippen LogP contribution >= 0.6 is 11.6 Å². The van der Waals surface area contributed by atoms with Gasteiger partial charge in [0.25, 0.3) is 0 Å². The number of hydroxylamine groups is 1. The van der Waals surface area contributed by atoms with Crippen molar-refractivity contribution in [1.29, 1.82) is 5.41 Å². The summed E-state index contributed by atoms with van der Waals surface area (Å²) in [4.78, 5) is 26.2. The number of halogens is 2. The largest absolute Gasteiger partial charge is 0.465 e. The van der Waals surface area contributed by atoms with Gasteiger partial charge in [-0.05, 0) is 60.8 Å². The minimum absolute atomic E-state index is 0.0140. The Morgan fingerprint density at radius 1 is 1.10 bits per heavy atom. The molecule has 4 N–H and O–H groups in total. The van der Waals surface area contributed by atoms with Crippen LogP contribution < -0.4 is 10.4 Å². The highest BCUT2D eigenvalue weighted by Gasteiger charge is 2.68. The number of benzene rings is 3. The van der Waals surface area contributed by atoms with Gasteiger partial charge < -0.3 is 19.6 Å². The third-order valence-corrected chi connectivity index (χ3v) is 11.2. The van der Waals surface area contributed by atoms with E-state index < -0.39 is 11.5 Å². The molecule has 3 fully saturated rings. The van der Waals surface area contributed by atoms with Crippen LogP contribution in [0, 0.1) is 23.1 Å². The Balaban J connectivity index is 1.14. The molecular formula is C38H38ClFN8O4. The molecule has 14 heteroatoms. The number of amidine groups is 1. The van der Waals surface area contributed by atoms with Crippen LogP contribution in [0.4, 0.5) is 15.0 Å². The zero-order valence-corrected chi connectivity index (χ0v) is 29.0. The molecule has 8 rings (SSSR count). The number of amides is 1. The molecule has 268 valence electrons. The number of rotatable bonds is 9. The summed E-state index contributed by atoms with van der Waals surface area (Å²) in [6, 6.07) is 21.2. The molecule has 0 bridgehead atoms. The SMILES string of the molecule is N=C(NO)c1ccc(-c2nn(C3CCCCO3)c3nc(N4CC[C@@H]5[C@H](C4)[C@@]5(CN(Cc4ccccc4)C(=O)O)c4ccccc4F)cnc23)c(Cl)c1. The van der Waals surface area contributed by atoms with Gasteiger partial charge in [0, 0.05) is 49.3 Å². The maximum atomic E-state index is 15.7.